The number of hydrogen-bond donors (Lipinski definition) is 1. The highest BCUT2D eigenvalue weighted by Crippen LogP contribution is 2.60. The number of fused-ring (bicyclic) bond motifs is 2. The molecule has 1 aromatic carbocycles. The number of aliphatic hydroxyl groups is 1. The van der Waals surface area contributed by atoms with Crippen LogP contribution in [0.4, 0.5) is 0 Å². The van der Waals surface area contributed by atoms with Crippen molar-refractivity contribution in [1.82, 2.24) is 0 Å². The molecule has 0 aliphatic heterocycles. The lowest BCUT2D eigenvalue weighted by Gasteiger charge is -2.59. The van der Waals surface area contributed by atoms with Crippen molar-refractivity contribution in [3.05, 3.63) is 35.9 Å². The van der Waals surface area contributed by atoms with Gasteiger partial charge in [-0.3, -0.25) is 0 Å². The lowest BCUT2D eigenvalue weighted by atomic mass is 9.49. The fraction of sp³-hybridized carbons (Fsp3) is 0.727. The monoisotopic (exact) mass is 312 g/mol. The second-order valence-corrected chi connectivity index (χ2v) is 9.37. The molecule has 0 heterocycles. The third-order valence-corrected chi connectivity index (χ3v) is 7.06. The largest absolute Gasteiger partial charge is 0.390 e. The van der Waals surface area contributed by atoms with Crippen molar-refractivity contribution in [2.24, 2.45) is 17.3 Å². The number of hydrogen-bond acceptors (Lipinski definition) is 1. The Morgan fingerprint density at radius 1 is 0.913 bits per heavy atom. The van der Waals surface area contributed by atoms with Crippen molar-refractivity contribution in [3.63, 3.8) is 0 Å². The summed E-state index contributed by atoms with van der Waals surface area (Å²) in [4.78, 5) is 0. The molecule has 5 rings (SSSR count). The highest BCUT2D eigenvalue weighted by atomic mass is 16.3. The molecule has 0 aromatic heterocycles. The average molecular weight is 312 g/mol. The summed E-state index contributed by atoms with van der Waals surface area (Å²) < 4.78 is 0. The van der Waals surface area contributed by atoms with Crippen molar-refractivity contribution in [2.45, 2.75) is 82.7 Å². The van der Waals surface area contributed by atoms with Gasteiger partial charge in [-0.15, -0.1) is 0 Å². The Morgan fingerprint density at radius 3 is 2.22 bits per heavy atom. The second kappa shape index (κ2) is 5.92. The van der Waals surface area contributed by atoms with Gasteiger partial charge in [-0.05, 0) is 80.1 Å². The third-order valence-electron chi connectivity index (χ3n) is 7.06. The normalized spacial score (nSPS) is 43.0. The van der Waals surface area contributed by atoms with E-state index in [-0.39, 0.29) is 5.60 Å². The average Bonchev–Trinajstić information content (AvgIpc) is 2.52. The summed E-state index contributed by atoms with van der Waals surface area (Å²) in [7, 11) is 0. The van der Waals surface area contributed by atoms with Crippen LogP contribution in [0.5, 0.6) is 0 Å². The smallest absolute Gasteiger partial charge is 0.0660 e. The first-order chi connectivity index (χ1) is 11.0. The van der Waals surface area contributed by atoms with Crippen molar-refractivity contribution in [2.75, 3.05) is 0 Å². The van der Waals surface area contributed by atoms with Crippen LogP contribution in [0.3, 0.4) is 0 Å². The van der Waals surface area contributed by atoms with Crippen LogP contribution in [-0.4, -0.2) is 10.7 Å². The molecule has 4 aliphatic rings. The quantitative estimate of drug-likeness (QED) is 0.758. The summed E-state index contributed by atoms with van der Waals surface area (Å²) in [6.45, 7) is 2.39. The predicted octanol–water partition coefficient (Wildman–Crippen LogP) is 5.68. The van der Waals surface area contributed by atoms with E-state index in [1.54, 1.807) is 5.56 Å². The summed E-state index contributed by atoms with van der Waals surface area (Å²) in [6.07, 6.45) is 12.9. The van der Waals surface area contributed by atoms with Gasteiger partial charge in [-0.1, -0.05) is 50.1 Å². The minimum Gasteiger partial charge on any atom is -0.390 e. The highest BCUT2D eigenvalue weighted by molar-refractivity contribution is 5.19. The van der Waals surface area contributed by atoms with E-state index in [9.17, 15) is 5.11 Å². The Hall–Kier alpha value is -0.820. The molecule has 1 aromatic rings. The highest BCUT2D eigenvalue weighted by Gasteiger charge is 2.56. The first-order valence-corrected chi connectivity index (χ1v) is 9.81. The molecule has 1 unspecified atom stereocenters. The van der Waals surface area contributed by atoms with E-state index < -0.39 is 0 Å². The van der Waals surface area contributed by atoms with Gasteiger partial charge in [0.1, 0.15) is 0 Å². The van der Waals surface area contributed by atoms with Crippen molar-refractivity contribution >= 4 is 0 Å². The summed E-state index contributed by atoms with van der Waals surface area (Å²) in [5, 5.41) is 10.5. The number of benzene rings is 1. The van der Waals surface area contributed by atoms with Crippen LogP contribution in [-0.2, 0) is 0 Å². The standard InChI is InChI=1S/C22H32O/c1-21-13-18(14-22(23,15-21)16-21)8-7-17-9-11-20(12-10-17)19-5-3-2-4-6-19/h2-6,17-18,20,23H,7-16H2,1H3. The molecule has 1 heteroatoms. The van der Waals surface area contributed by atoms with E-state index >= 15 is 0 Å². The fourth-order valence-corrected chi connectivity index (χ4v) is 6.32. The maximum atomic E-state index is 10.5. The lowest BCUT2D eigenvalue weighted by molar-refractivity contribution is -0.177. The number of rotatable bonds is 4. The third kappa shape index (κ3) is 3.36. The molecule has 4 aliphatic carbocycles. The van der Waals surface area contributed by atoms with Crippen molar-refractivity contribution in [1.29, 1.82) is 0 Å². The van der Waals surface area contributed by atoms with Crippen molar-refractivity contribution in [3.8, 4) is 0 Å². The molecule has 0 spiro atoms. The molecule has 23 heavy (non-hydrogen) atoms. The molecule has 1 nitrogen and oxygen atoms in total. The van der Waals surface area contributed by atoms with E-state index in [1.165, 1.54) is 44.9 Å². The fourth-order valence-electron chi connectivity index (χ4n) is 6.32. The zero-order valence-corrected chi connectivity index (χ0v) is 14.6. The van der Waals surface area contributed by atoms with Gasteiger partial charge < -0.3 is 5.11 Å². The van der Waals surface area contributed by atoms with Gasteiger partial charge in [0, 0.05) is 0 Å². The summed E-state index contributed by atoms with van der Waals surface area (Å²) in [6, 6.07) is 11.1. The second-order valence-electron chi connectivity index (χ2n) is 9.37. The van der Waals surface area contributed by atoms with Crippen LogP contribution in [0.15, 0.2) is 30.3 Å². The first kappa shape index (κ1) is 15.7. The Balaban J connectivity index is 1.23. The molecule has 0 radical (unpaired) electrons. The molecular formula is C22H32O. The van der Waals surface area contributed by atoms with E-state index in [0.29, 0.717) is 5.41 Å². The molecular weight excluding hydrogens is 280 g/mol. The molecule has 4 fully saturated rings. The van der Waals surface area contributed by atoms with Crippen LogP contribution >= 0.6 is 0 Å². The van der Waals surface area contributed by atoms with Gasteiger partial charge >= 0.3 is 0 Å². The molecule has 4 saturated carbocycles. The zero-order valence-electron chi connectivity index (χ0n) is 14.6. The van der Waals surface area contributed by atoms with E-state index in [2.05, 4.69) is 37.3 Å². The Morgan fingerprint density at radius 2 is 1.57 bits per heavy atom. The molecule has 0 saturated heterocycles. The summed E-state index contributed by atoms with van der Waals surface area (Å²) in [5.41, 5.74) is 1.75. The molecule has 126 valence electrons. The minimum absolute atomic E-state index is 0.275. The Labute approximate surface area is 141 Å². The molecule has 0 amide bonds. The van der Waals surface area contributed by atoms with E-state index in [0.717, 1.165) is 37.0 Å². The lowest BCUT2D eigenvalue weighted by Crippen LogP contribution is -2.56. The van der Waals surface area contributed by atoms with Gasteiger partial charge in [0.05, 0.1) is 5.60 Å². The SMILES string of the molecule is CC12CC(CCC3CCC(c4ccccc4)CC3)CC(O)(C1)C2. The van der Waals surface area contributed by atoms with Crippen LogP contribution in [0.2, 0.25) is 0 Å². The van der Waals surface area contributed by atoms with Gasteiger partial charge in [0.25, 0.3) is 0 Å². The van der Waals surface area contributed by atoms with Crippen LogP contribution in [0.1, 0.15) is 82.6 Å². The van der Waals surface area contributed by atoms with Crippen LogP contribution < -0.4 is 0 Å². The predicted molar refractivity (Wildman–Crippen MR) is 95.4 cm³/mol. The van der Waals surface area contributed by atoms with Gasteiger partial charge in [-0.25, -0.2) is 0 Å². The van der Waals surface area contributed by atoms with Gasteiger partial charge in [-0.2, -0.15) is 0 Å². The summed E-state index contributed by atoms with van der Waals surface area (Å²) in [5.74, 6) is 2.53. The van der Waals surface area contributed by atoms with Gasteiger partial charge in [0.2, 0.25) is 0 Å². The van der Waals surface area contributed by atoms with Crippen LogP contribution in [0, 0.1) is 17.3 Å². The first-order valence-electron chi connectivity index (χ1n) is 9.81. The Kier molecular flexibility index (Phi) is 4.04. The Bertz CT molecular complexity index is 504. The minimum atomic E-state index is -0.275. The molecule has 1 N–H and O–H groups in total. The van der Waals surface area contributed by atoms with Crippen molar-refractivity contribution < 1.29 is 5.11 Å². The maximum Gasteiger partial charge on any atom is 0.0660 e. The van der Waals surface area contributed by atoms with E-state index in [1.807, 2.05) is 0 Å². The zero-order chi connectivity index (χ0) is 15.9. The summed E-state index contributed by atoms with van der Waals surface area (Å²) >= 11 is 0. The molecule has 2 bridgehead atoms. The maximum absolute atomic E-state index is 10.5. The molecule has 1 atom stereocenters. The van der Waals surface area contributed by atoms with Crippen LogP contribution in [0.25, 0.3) is 0 Å². The topological polar surface area (TPSA) is 20.2 Å². The van der Waals surface area contributed by atoms with Gasteiger partial charge in [0.15, 0.2) is 0 Å². The van der Waals surface area contributed by atoms with E-state index in [4.69, 9.17) is 0 Å².